The zero-order chi connectivity index (χ0) is 22.3. The lowest BCUT2D eigenvalue weighted by Gasteiger charge is -2.20. The Hall–Kier alpha value is -3.73. The van der Waals surface area contributed by atoms with Crippen LogP contribution in [0, 0.1) is 6.92 Å². The van der Waals surface area contributed by atoms with E-state index in [-0.39, 0.29) is 11.5 Å². The van der Waals surface area contributed by atoms with E-state index in [0.29, 0.717) is 11.3 Å². The fourth-order valence-corrected chi connectivity index (χ4v) is 3.70. The zero-order valence-corrected chi connectivity index (χ0v) is 18.4. The lowest BCUT2D eigenvalue weighted by Crippen LogP contribution is -2.27. The van der Waals surface area contributed by atoms with E-state index in [0.717, 1.165) is 38.6 Å². The molecule has 0 bridgehead atoms. The highest BCUT2D eigenvalue weighted by Gasteiger charge is 2.16. The third-order valence-electron chi connectivity index (χ3n) is 5.72. The number of benzene rings is 2. The van der Waals surface area contributed by atoms with Crippen molar-refractivity contribution in [1.29, 1.82) is 0 Å². The molecule has 0 atom stereocenters. The van der Waals surface area contributed by atoms with Gasteiger partial charge in [0, 0.05) is 41.3 Å². The molecule has 4 aromatic rings. The summed E-state index contributed by atoms with van der Waals surface area (Å²) in [6, 6.07) is 16.9. The van der Waals surface area contributed by atoms with Crippen LogP contribution in [0.1, 0.15) is 26.3 Å². The molecule has 31 heavy (non-hydrogen) atoms. The SMILES string of the molecule is CC(C)=C(C)C(=O)N(C)c1cccc(-n2c(=O)ccc3cnc4ccc(C)cc4c32)c1. The largest absolute Gasteiger partial charge is 0.312 e. The topological polar surface area (TPSA) is 55.2 Å². The molecule has 0 aliphatic carbocycles. The molecule has 0 radical (unpaired) electrons. The Morgan fingerprint density at radius 1 is 1.00 bits per heavy atom. The number of pyridine rings is 2. The number of nitrogens with zero attached hydrogens (tertiary/aromatic N) is 3. The Kier molecular flexibility index (Phi) is 5.19. The van der Waals surface area contributed by atoms with Gasteiger partial charge in [0.2, 0.25) is 0 Å². The molecule has 1 amide bonds. The summed E-state index contributed by atoms with van der Waals surface area (Å²) in [6.45, 7) is 7.70. The number of aryl methyl sites for hydroxylation is 1. The number of allylic oxidation sites excluding steroid dienone is 1. The minimum atomic E-state index is -0.131. The van der Waals surface area contributed by atoms with Crippen LogP contribution in [-0.2, 0) is 4.79 Å². The lowest BCUT2D eigenvalue weighted by atomic mass is 10.1. The van der Waals surface area contributed by atoms with E-state index in [1.165, 1.54) is 0 Å². The predicted octanol–water partition coefficient (Wildman–Crippen LogP) is 5.17. The van der Waals surface area contributed by atoms with Crippen LogP contribution in [0.4, 0.5) is 5.69 Å². The summed E-state index contributed by atoms with van der Waals surface area (Å²) in [5, 5.41) is 1.80. The van der Waals surface area contributed by atoms with Gasteiger partial charge in [0.15, 0.2) is 0 Å². The van der Waals surface area contributed by atoms with Crippen molar-refractivity contribution in [2.75, 3.05) is 11.9 Å². The summed E-state index contributed by atoms with van der Waals surface area (Å²) < 4.78 is 1.70. The van der Waals surface area contributed by atoms with E-state index in [9.17, 15) is 9.59 Å². The van der Waals surface area contributed by atoms with Gasteiger partial charge < -0.3 is 4.90 Å². The van der Waals surface area contributed by atoms with E-state index >= 15 is 0 Å². The molecule has 2 heterocycles. The average molecular weight is 412 g/mol. The number of anilines is 1. The van der Waals surface area contributed by atoms with Gasteiger partial charge in [-0.25, -0.2) is 0 Å². The van der Waals surface area contributed by atoms with Crippen LogP contribution >= 0.6 is 0 Å². The van der Waals surface area contributed by atoms with Crippen LogP contribution in [-0.4, -0.2) is 22.5 Å². The maximum absolute atomic E-state index is 13.0. The molecule has 0 aliphatic rings. The Balaban J connectivity index is 1.96. The van der Waals surface area contributed by atoms with Crippen molar-refractivity contribution in [3.63, 3.8) is 0 Å². The first-order valence-electron chi connectivity index (χ1n) is 10.2. The van der Waals surface area contributed by atoms with Crippen molar-refractivity contribution in [2.24, 2.45) is 0 Å². The monoisotopic (exact) mass is 411 g/mol. The second-order valence-electron chi connectivity index (χ2n) is 8.10. The first-order valence-corrected chi connectivity index (χ1v) is 10.2. The molecule has 0 aliphatic heterocycles. The first-order chi connectivity index (χ1) is 14.8. The zero-order valence-electron chi connectivity index (χ0n) is 18.4. The van der Waals surface area contributed by atoms with Gasteiger partial charge in [-0.05, 0) is 64.1 Å². The fraction of sp³-hybridized carbons (Fsp3) is 0.192. The highest BCUT2D eigenvalue weighted by atomic mass is 16.2. The number of hydrogen-bond acceptors (Lipinski definition) is 3. The highest BCUT2D eigenvalue weighted by molar-refractivity contribution is 6.06. The van der Waals surface area contributed by atoms with Gasteiger partial charge in [0.05, 0.1) is 16.7 Å². The van der Waals surface area contributed by atoms with Crippen LogP contribution in [0.3, 0.4) is 0 Å². The van der Waals surface area contributed by atoms with Gasteiger partial charge in [-0.1, -0.05) is 23.3 Å². The third-order valence-corrected chi connectivity index (χ3v) is 5.72. The molecule has 0 N–H and O–H groups in total. The molecule has 4 rings (SSSR count). The Labute approximate surface area is 181 Å². The number of rotatable bonds is 3. The summed E-state index contributed by atoms with van der Waals surface area (Å²) in [7, 11) is 1.75. The van der Waals surface area contributed by atoms with Crippen molar-refractivity contribution < 1.29 is 4.79 Å². The molecule has 0 unspecified atom stereocenters. The molecular formula is C26H25N3O2. The van der Waals surface area contributed by atoms with E-state index < -0.39 is 0 Å². The smallest absolute Gasteiger partial charge is 0.255 e. The van der Waals surface area contributed by atoms with Gasteiger partial charge in [0.25, 0.3) is 11.5 Å². The summed E-state index contributed by atoms with van der Waals surface area (Å²) in [5.74, 6) is -0.0623. The summed E-state index contributed by atoms with van der Waals surface area (Å²) >= 11 is 0. The van der Waals surface area contributed by atoms with E-state index in [4.69, 9.17) is 0 Å². The van der Waals surface area contributed by atoms with Crippen molar-refractivity contribution in [3.8, 4) is 5.69 Å². The number of carbonyl (C=O) groups is 1. The summed E-state index contributed by atoms with van der Waals surface area (Å²) in [4.78, 5) is 32.0. The number of aromatic nitrogens is 2. The molecule has 0 saturated heterocycles. The summed E-state index contributed by atoms with van der Waals surface area (Å²) in [5.41, 5.74) is 5.73. The van der Waals surface area contributed by atoms with Crippen molar-refractivity contribution in [1.82, 2.24) is 9.55 Å². The number of carbonyl (C=O) groups excluding carboxylic acids is 1. The number of hydrogen-bond donors (Lipinski definition) is 0. The minimum absolute atomic E-state index is 0.0623. The van der Waals surface area contributed by atoms with Crippen molar-refractivity contribution in [3.05, 3.63) is 87.9 Å². The van der Waals surface area contributed by atoms with Crippen LogP contribution in [0.25, 0.3) is 27.5 Å². The van der Waals surface area contributed by atoms with E-state index in [1.807, 2.05) is 64.1 Å². The van der Waals surface area contributed by atoms with Gasteiger partial charge in [-0.15, -0.1) is 0 Å². The van der Waals surface area contributed by atoms with Crippen molar-refractivity contribution in [2.45, 2.75) is 27.7 Å². The third kappa shape index (κ3) is 3.63. The molecular weight excluding hydrogens is 386 g/mol. The average Bonchev–Trinajstić information content (AvgIpc) is 2.77. The molecule has 0 spiro atoms. The standard InChI is InChI=1S/C26H25N3O2/c1-16(2)18(4)26(31)28(5)20-7-6-8-21(14-20)29-24(30)12-10-19-15-27-23-11-9-17(3)13-22(23)25(19)29/h6-15H,1-5H3. The molecule has 0 fully saturated rings. The second-order valence-corrected chi connectivity index (χ2v) is 8.10. The molecule has 0 saturated carbocycles. The summed E-state index contributed by atoms with van der Waals surface area (Å²) in [6.07, 6.45) is 1.79. The molecule has 5 nitrogen and oxygen atoms in total. The minimum Gasteiger partial charge on any atom is -0.312 e. The van der Waals surface area contributed by atoms with Crippen molar-refractivity contribution >= 4 is 33.4 Å². The second kappa shape index (κ2) is 7.84. The van der Waals surface area contributed by atoms with Gasteiger partial charge in [0.1, 0.15) is 0 Å². The molecule has 5 heteroatoms. The number of likely N-dealkylation sites (N-methyl/N-ethyl adjacent to an activating group) is 1. The van der Waals surface area contributed by atoms with E-state index in [1.54, 1.807) is 34.8 Å². The van der Waals surface area contributed by atoms with Gasteiger partial charge >= 0.3 is 0 Å². The Morgan fingerprint density at radius 2 is 1.77 bits per heavy atom. The van der Waals surface area contributed by atoms with Gasteiger partial charge in [-0.3, -0.25) is 19.1 Å². The van der Waals surface area contributed by atoms with Crippen LogP contribution < -0.4 is 10.5 Å². The van der Waals surface area contributed by atoms with E-state index in [2.05, 4.69) is 11.1 Å². The van der Waals surface area contributed by atoms with Crippen LogP contribution in [0.2, 0.25) is 0 Å². The maximum atomic E-state index is 13.0. The maximum Gasteiger partial charge on any atom is 0.255 e. The normalized spacial score (nSPS) is 11.0. The van der Waals surface area contributed by atoms with Crippen LogP contribution in [0.15, 0.2) is 76.7 Å². The van der Waals surface area contributed by atoms with Gasteiger partial charge in [-0.2, -0.15) is 0 Å². The Bertz CT molecular complexity index is 1430. The molecule has 2 aromatic heterocycles. The number of fused-ring (bicyclic) bond motifs is 3. The highest BCUT2D eigenvalue weighted by Crippen LogP contribution is 2.27. The molecule has 2 aromatic carbocycles. The fourth-order valence-electron chi connectivity index (χ4n) is 3.70. The lowest BCUT2D eigenvalue weighted by molar-refractivity contribution is -0.114. The molecule has 156 valence electrons. The van der Waals surface area contributed by atoms with Crippen LogP contribution in [0.5, 0.6) is 0 Å². The Morgan fingerprint density at radius 3 is 2.52 bits per heavy atom. The number of amides is 1. The quantitative estimate of drug-likeness (QED) is 0.345. The first kappa shape index (κ1) is 20.5. The predicted molar refractivity (Wildman–Crippen MR) is 127 cm³/mol.